The van der Waals surface area contributed by atoms with E-state index in [0.717, 1.165) is 12.1 Å². The summed E-state index contributed by atoms with van der Waals surface area (Å²) in [5.41, 5.74) is 0.925. The molecule has 1 aromatic rings. The van der Waals surface area contributed by atoms with Gasteiger partial charge in [0.25, 0.3) is 0 Å². The predicted molar refractivity (Wildman–Crippen MR) is 81.7 cm³/mol. The Labute approximate surface area is 121 Å². The van der Waals surface area contributed by atoms with Crippen LogP contribution >= 0.6 is 17.9 Å². The first-order chi connectivity index (χ1) is 9.22. The molecule has 0 aromatic heterocycles. The molecule has 0 aliphatic rings. The molecule has 106 valence electrons. The monoisotopic (exact) mass is 320 g/mol. The summed E-state index contributed by atoms with van der Waals surface area (Å²) in [6, 6.07) is 9.57. The molecular formula is C12H17O4PS2. The lowest BCUT2D eigenvalue weighted by atomic mass is 10.1. The standard InChI is InChI=1S/C12H17O4PS2/c1-4-16-12(13)11(10-8-6-5-7-9-10)18-17-19(14-2)15-3/h5-9,11H,4H2,1-3H3. The van der Waals surface area contributed by atoms with Crippen LogP contribution < -0.4 is 0 Å². The quantitative estimate of drug-likeness (QED) is 0.568. The number of benzene rings is 1. The Kier molecular flexibility index (Phi) is 8.34. The summed E-state index contributed by atoms with van der Waals surface area (Å²) in [6.45, 7) is 3.03. The van der Waals surface area contributed by atoms with Crippen molar-refractivity contribution < 1.29 is 17.9 Å². The van der Waals surface area contributed by atoms with Gasteiger partial charge in [-0.15, -0.1) is 0 Å². The van der Waals surface area contributed by atoms with Crippen molar-refractivity contribution in [2.24, 2.45) is 0 Å². The van der Waals surface area contributed by atoms with Crippen molar-refractivity contribution in [1.29, 1.82) is 0 Å². The molecule has 0 saturated carbocycles. The Balaban J connectivity index is 2.87. The Bertz CT molecular complexity index is 419. The summed E-state index contributed by atoms with van der Waals surface area (Å²) in [5, 5.41) is -0.358. The van der Waals surface area contributed by atoms with E-state index in [0.29, 0.717) is 6.61 Å². The molecule has 0 spiro atoms. The number of hydrogen-bond donors (Lipinski definition) is 0. The Morgan fingerprint density at radius 2 is 1.95 bits per heavy atom. The molecule has 0 aliphatic heterocycles. The van der Waals surface area contributed by atoms with E-state index in [2.05, 4.69) is 0 Å². The van der Waals surface area contributed by atoms with Crippen LogP contribution in [-0.2, 0) is 28.5 Å². The number of hydrogen-bond acceptors (Lipinski definition) is 5. The molecule has 0 bridgehead atoms. The summed E-state index contributed by atoms with van der Waals surface area (Å²) in [4.78, 5) is 12.0. The third-order valence-corrected chi connectivity index (χ3v) is 7.57. The van der Waals surface area contributed by atoms with Crippen molar-refractivity contribution >= 4 is 34.5 Å². The van der Waals surface area contributed by atoms with Gasteiger partial charge in [0, 0.05) is 0 Å². The van der Waals surface area contributed by atoms with E-state index in [1.807, 2.05) is 30.3 Å². The Hall–Kier alpha value is -0.390. The molecule has 0 amide bonds. The molecule has 0 heterocycles. The molecule has 4 nitrogen and oxygen atoms in total. The smallest absolute Gasteiger partial charge is 0.324 e. The van der Waals surface area contributed by atoms with Gasteiger partial charge in [0.05, 0.1) is 27.4 Å². The van der Waals surface area contributed by atoms with Gasteiger partial charge in [0.1, 0.15) is 15.9 Å². The van der Waals surface area contributed by atoms with Crippen LogP contribution in [0.3, 0.4) is 0 Å². The number of ether oxygens (including phenoxy) is 1. The molecule has 0 aliphatic carbocycles. The van der Waals surface area contributed by atoms with Gasteiger partial charge in [0.2, 0.25) is 0 Å². The van der Waals surface area contributed by atoms with Crippen LogP contribution in [0.5, 0.6) is 0 Å². The van der Waals surface area contributed by atoms with E-state index >= 15 is 0 Å². The number of rotatable bonds is 7. The minimum atomic E-state index is -0.626. The number of esters is 1. The molecule has 0 fully saturated rings. The average Bonchev–Trinajstić information content (AvgIpc) is 2.45. The van der Waals surface area contributed by atoms with Gasteiger partial charge in [-0.05, 0) is 12.5 Å². The summed E-state index contributed by atoms with van der Waals surface area (Å²) in [6.07, 6.45) is 0. The van der Waals surface area contributed by atoms with E-state index in [4.69, 9.17) is 13.1 Å². The normalized spacial score (nSPS) is 12.6. The van der Waals surface area contributed by atoms with Crippen LogP contribution in [0, 0.1) is 0 Å². The fourth-order valence-electron chi connectivity index (χ4n) is 1.29. The number of carbonyl (C=O) groups is 1. The van der Waals surface area contributed by atoms with Crippen LogP contribution in [0.25, 0.3) is 0 Å². The van der Waals surface area contributed by atoms with E-state index in [-0.39, 0.29) is 11.2 Å². The van der Waals surface area contributed by atoms with E-state index in [1.54, 1.807) is 21.1 Å². The molecule has 1 aromatic carbocycles. The second-order valence-electron chi connectivity index (χ2n) is 3.27. The molecule has 19 heavy (non-hydrogen) atoms. The van der Waals surface area contributed by atoms with Crippen LogP contribution in [0.2, 0.25) is 0 Å². The third-order valence-electron chi connectivity index (χ3n) is 2.10. The van der Waals surface area contributed by atoms with E-state index in [1.165, 1.54) is 11.4 Å². The van der Waals surface area contributed by atoms with Gasteiger partial charge < -0.3 is 4.74 Å². The first-order valence-electron chi connectivity index (χ1n) is 5.64. The molecule has 7 heteroatoms. The van der Waals surface area contributed by atoms with E-state index in [9.17, 15) is 4.79 Å². The molecule has 1 atom stereocenters. The summed E-state index contributed by atoms with van der Waals surface area (Å²) >= 11 is 1.44. The lowest BCUT2D eigenvalue weighted by Crippen LogP contribution is -2.12. The lowest BCUT2D eigenvalue weighted by Gasteiger charge is -2.13. The lowest BCUT2D eigenvalue weighted by molar-refractivity contribution is -0.142. The molecule has 1 rings (SSSR count). The van der Waals surface area contributed by atoms with Crippen LogP contribution in [0.4, 0.5) is 0 Å². The fraction of sp³-hybridized carbons (Fsp3) is 0.417. The van der Waals surface area contributed by atoms with Gasteiger partial charge in [-0.1, -0.05) is 41.7 Å². The topological polar surface area (TPSA) is 44.8 Å². The maximum atomic E-state index is 12.0. The van der Waals surface area contributed by atoms with Crippen molar-refractivity contribution in [2.45, 2.75) is 12.2 Å². The molecule has 0 saturated heterocycles. The van der Waals surface area contributed by atoms with Crippen molar-refractivity contribution in [3.05, 3.63) is 35.9 Å². The van der Waals surface area contributed by atoms with Crippen molar-refractivity contribution in [3.8, 4) is 0 Å². The van der Waals surface area contributed by atoms with Crippen molar-refractivity contribution in [3.63, 3.8) is 0 Å². The zero-order valence-electron chi connectivity index (χ0n) is 11.1. The summed E-state index contributed by atoms with van der Waals surface area (Å²) < 4.78 is 15.4. The highest BCUT2D eigenvalue weighted by atomic mass is 32.9. The van der Waals surface area contributed by atoms with Crippen LogP contribution in [0.15, 0.2) is 30.3 Å². The highest BCUT2D eigenvalue weighted by Gasteiger charge is 2.22. The SMILES string of the molecule is CCOC(=O)C(SP=S(OC)OC)c1ccccc1. The van der Waals surface area contributed by atoms with Gasteiger partial charge in [-0.2, -0.15) is 0 Å². The molecule has 0 radical (unpaired) electrons. The summed E-state index contributed by atoms with van der Waals surface area (Å²) in [5.74, 6) is -0.234. The molecule has 1 unspecified atom stereocenters. The first-order valence-corrected chi connectivity index (χ1v) is 9.70. The minimum absolute atomic E-state index is 0.234. The maximum absolute atomic E-state index is 12.0. The highest BCUT2D eigenvalue weighted by Crippen LogP contribution is 2.40. The fourth-order valence-corrected chi connectivity index (χ4v) is 6.10. The maximum Gasteiger partial charge on any atom is 0.324 e. The molecule has 0 N–H and O–H groups in total. The van der Waals surface area contributed by atoms with Crippen LogP contribution in [-0.4, -0.2) is 26.8 Å². The van der Waals surface area contributed by atoms with Gasteiger partial charge in [0.15, 0.2) is 0 Å². The van der Waals surface area contributed by atoms with Crippen LogP contribution in [0.1, 0.15) is 17.7 Å². The zero-order valence-corrected chi connectivity index (χ0v) is 13.6. The first kappa shape index (κ1) is 16.7. The highest BCUT2D eigenvalue weighted by molar-refractivity contribution is 8.62. The van der Waals surface area contributed by atoms with Crippen molar-refractivity contribution in [2.75, 3.05) is 20.8 Å². The predicted octanol–water partition coefficient (Wildman–Crippen LogP) is 3.54. The summed E-state index contributed by atoms with van der Waals surface area (Å²) in [7, 11) is 2.54. The van der Waals surface area contributed by atoms with E-state index < -0.39 is 10.6 Å². The largest absolute Gasteiger partial charge is 0.465 e. The molecular weight excluding hydrogens is 303 g/mol. The third kappa shape index (κ3) is 5.63. The minimum Gasteiger partial charge on any atom is -0.465 e. The number of carbonyl (C=O) groups excluding carboxylic acids is 1. The van der Waals surface area contributed by atoms with Gasteiger partial charge >= 0.3 is 5.97 Å². The van der Waals surface area contributed by atoms with Crippen molar-refractivity contribution in [1.82, 2.24) is 0 Å². The average molecular weight is 320 g/mol. The zero-order chi connectivity index (χ0) is 14.1. The Morgan fingerprint density at radius 3 is 2.47 bits per heavy atom. The second kappa shape index (κ2) is 9.50. The van der Waals surface area contributed by atoms with Gasteiger partial charge in [-0.25, -0.2) is 0 Å². The van der Waals surface area contributed by atoms with Gasteiger partial charge in [-0.3, -0.25) is 13.2 Å². The Morgan fingerprint density at radius 1 is 1.32 bits per heavy atom. The second-order valence-corrected chi connectivity index (χ2v) is 8.52.